The first kappa shape index (κ1) is 11.5. The zero-order chi connectivity index (χ0) is 11.7. The average Bonchev–Trinajstić information content (AvgIpc) is 2.50. The van der Waals surface area contributed by atoms with Crippen molar-refractivity contribution >= 4 is 22.5 Å². The van der Waals surface area contributed by atoms with Gasteiger partial charge in [-0.3, -0.25) is 0 Å². The lowest BCUT2D eigenvalue weighted by Crippen LogP contribution is -2.01. The number of hydrogen-bond donors (Lipinski definition) is 0. The van der Waals surface area contributed by atoms with Crippen LogP contribution in [0.3, 0.4) is 0 Å². The molecule has 0 aliphatic rings. The SMILES string of the molecule is Cc1c(CCC(C)Cl)n(C)c2ccccc12. The highest BCUT2D eigenvalue weighted by Gasteiger charge is 2.11. The van der Waals surface area contributed by atoms with Crippen molar-refractivity contribution in [3.8, 4) is 0 Å². The van der Waals surface area contributed by atoms with E-state index in [9.17, 15) is 0 Å². The summed E-state index contributed by atoms with van der Waals surface area (Å²) in [6, 6.07) is 8.56. The summed E-state index contributed by atoms with van der Waals surface area (Å²) in [7, 11) is 2.14. The van der Waals surface area contributed by atoms with Crippen LogP contribution < -0.4 is 0 Å². The molecule has 1 nitrogen and oxygen atoms in total. The van der Waals surface area contributed by atoms with Crippen molar-refractivity contribution in [2.45, 2.75) is 32.1 Å². The third-order valence-electron chi connectivity index (χ3n) is 3.29. The molecule has 1 atom stereocenters. The van der Waals surface area contributed by atoms with Crippen molar-refractivity contribution in [1.82, 2.24) is 4.57 Å². The number of hydrogen-bond acceptors (Lipinski definition) is 0. The monoisotopic (exact) mass is 235 g/mol. The molecule has 0 fully saturated rings. The molecule has 1 aromatic carbocycles. The summed E-state index contributed by atoms with van der Waals surface area (Å²) >= 11 is 6.02. The van der Waals surface area contributed by atoms with Crippen molar-refractivity contribution in [1.29, 1.82) is 0 Å². The maximum Gasteiger partial charge on any atom is 0.0482 e. The summed E-state index contributed by atoms with van der Waals surface area (Å²) in [5, 5.41) is 1.61. The molecule has 1 unspecified atom stereocenters. The molecule has 1 aromatic heterocycles. The smallest absolute Gasteiger partial charge is 0.0482 e. The molecular formula is C14H18ClN. The first-order valence-electron chi connectivity index (χ1n) is 5.78. The Morgan fingerprint density at radius 3 is 2.62 bits per heavy atom. The van der Waals surface area contributed by atoms with Crippen LogP contribution in [0, 0.1) is 6.92 Å². The maximum absolute atomic E-state index is 6.02. The number of fused-ring (bicyclic) bond motifs is 1. The second kappa shape index (κ2) is 4.50. The van der Waals surface area contributed by atoms with Gasteiger partial charge in [0.05, 0.1) is 0 Å². The normalized spacial score (nSPS) is 13.2. The Labute approximate surface area is 102 Å². The van der Waals surface area contributed by atoms with Crippen molar-refractivity contribution in [2.75, 3.05) is 0 Å². The lowest BCUT2D eigenvalue weighted by Gasteiger charge is -2.06. The van der Waals surface area contributed by atoms with Crippen LogP contribution in [0.1, 0.15) is 24.6 Å². The van der Waals surface area contributed by atoms with E-state index in [1.54, 1.807) is 0 Å². The Hall–Kier alpha value is -0.950. The van der Waals surface area contributed by atoms with Gasteiger partial charge in [-0.1, -0.05) is 18.2 Å². The van der Waals surface area contributed by atoms with Gasteiger partial charge in [0.1, 0.15) is 0 Å². The fourth-order valence-electron chi connectivity index (χ4n) is 2.33. The van der Waals surface area contributed by atoms with E-state index in [4.69, 9.17) is 11.6 Å². The van der Waals surface area contributed by atoms with Crippen LogP contribution in [-0.2, 0) is 13.5 Å². The van der Waals surface area contributed by atoms with Gasteiger partial charge >= 0.3 is 0 Å². The molecule has 1 heterocycles. The highest BCUT2D eigenvalue weighted by Crippen LogP contribution is 2.25. The first-order chi connectivity index (χ1) is 7.61. The van der Waals surface area contributed by atoms with Gasteiger partial charge in [-0.25, -0.2) is 0 Å². The molecule has 86 valence electrons. The topological polar surface area (TPSA) is 4.93 Å². The fourth-order valence-corrected chi connectivity index (χ4v) is 2.44. The zero-order valence-corrected chi connectivity index (χ0v) is 10.9. The molecule has 0 saturated heterocycles. The van der Waals surface area contributed by atoms with E-state index in [1.165, 1.54) is 22.2 Å². The molecule has 0 N–H and O–H groups in total. The first-order valence-corrected chi connectivity index (χ1v) is 6.22. The van der Waals surface area contributed by atoms with Crippen LogP contribution in [0.25, 0.3) is 10.9 Å². The largest absolute Gasteiger partial charge is 0.347 e. The van der Waals surface area contributed by atoms with E-state index < -0.39 is 0 Å². The quantitative estimate of drug-likeness (QED) is 0.708. The Morgan fingerprint density at radius 1 is 1.31 bits per heavy atom. The molecule has 0 aliphatic heterocycles. The van der Waals surface area contributed by atoms with Crippen LogP contribution in [0.5, 0.6) is 0 Å². The van der Waals surface area contributed by atoms with Crippen LogP contribution in [0.2, 0.25) is 0 Å². The van der Waals surface area contributed by atoms with E-state index >= 15 is 0 Å². The zero-order valence-electron chi connectivity index (χ0n) is 10.1. The number of rotatable bonds is 3. The number of para-hydroxylation sites is 1. The molecule has 2 heteroatoms. The van der Waals surface area contributed by atoms with Gasteiger partial charge in [-0.05, 0) is 38.3 Å². The minimum absolute atomic E-state index is 0.248. The molecule has 0 radical (unpaired) electrons. The third kappa shape index (κ3) is 1.97. The summed E-state index contributed by atoms with van der Waals surface area (Å²) in [6.45, 7) is 4.26. The summed E-state index contributed by atoms with van der Waals surface area (Å²) in [4.78, 5) is 0. The predicted octanol–water partition coefficient (Wildman–Crippen LogP) is 4.05. The van der Waals surface area contributed by atoms with E-state index in [0.717, 1.165) is 12.8 Å². The number of alkyl halides is 1. The molecule has 16 heavy (non-hydrogen) atoms. The fraction of sp³-hybridized carbons (Fsp3) is 0.429. The molecule has 0 aliphatic carbocycles. The summed E-state index contributed by atoms with van der Waals surface area (Å²) in [6.07, 6.45) is 2.09. The predicted molar refractivity (Wildman–Crippen MR) is 71.3 cm³/mol. The third-order valence-corrected chi connectivity index (χ3v) is 3.50. The van der Waals surface area contributed by atoms with E-state index in [0.29, 0.717) is 0 Å². The van der Waals surface area contributed by atoms with Crippen molar-refractivity contribution < 1.29 is 0 Å². The van der Waals surface area contributed by atoms with Crippen LogP contribution in [0.15, 0.2) is 24.3 Å². The minimum atomic E-state index is 0.248. The van der Waals surface area contributed by atoms with Crippen LogP contribution >= 0.6 is 11.6 Å². The molecule has 0 amide bonds. The van der Waals surface area contributed by atoms with Gasteiger partial charge in [0, 0.05) is 29.0 Å². The summed E-state index contributed by atoms with van der Waals surface area (Å²) in [5.74, 6) is 0. The minimum Gasteiger partial charge on any atom is -0.347 e. The van der Waals surface area contributed by atoms with Crippen molar-refractivity contribution in [3.05, 3.63) is 35.5 Å². The molecule has 0 saturated carbocycles. The Kier molecular flexibility index (Phi) is 3.25. The second-order valence-corrected chi connectivity index (χ2v) is 5.21. The highest BCUT2D eigenvalue weighted by atomic mass is 35.5. The number of aryl methyl sites for hydroxylation is 2. The lowest BCUT2D eigenvalue weighted by molar-refractivity contribution is 0.743. The van der Waals surface area contributed by atoms with Crippen molar-refractivity contribution in [2.24, 2.45) is 7.05 Å². The van der Waals surface area contributed by atoms with Gasteiger partial charge in [-0.2, -0.15) is 0 Å². The Morgan fingerprint density at radius 2 is 2.00 bits per heavy atom. The number of nitrogens with zero attached hydrogens (tertiary/aromatic N) is 1. The summed E-state index contributed by atoms with van der Waals surface area (Å²) < 4.78 is 2.30. The number of aromatic nitrogens is 1. The van der Waals surface area contributed by atoms with E-state index in [1.807, 2.05) is 0 Å². The standard InChI is InChI=1S/C14H18ClN/c1-10(15)8-9-13-11(2)12-6-4-5-7-14(12)16(13)3/h4-7,10H,8-9H2,1-3H3. The highest BCUT2D eigenvalue weighted by molar-refractivity contribution is 6.20. The van der Waals surface area contributed by atoms with Gasteiger partial charge in [0.15, 0.2) is 0 Å². The maximum atomic E-state index is 6.02. The summed E-state index contributed by atoms with van der Waals surface area (Å²) in [5.41, 5.74) is 4.13. The van der Waals surface area contributed by atoms with Gasteiger partial charge in [0.25, 0.3) is 0 Å². The molecule has 2 aromatic rings. The van der Waals surface area contributed by atoms with Crippen LogP contribution in [-0.4, -0.2) is 9.94 Å². The van der Waals surface area contributed by atoms with Gasteiger partial charge in [-0.15, -0.1) is 11.6 Å². The molecule has 2 rings (SSSR count). The van der Waals surface area contributed by atoms with Gasteiger partial charge in [0.2, 0.25) is 0 Å². The Balaban J connectivity index is 2.45. The van der Waals surface area contributed by atoms with E-state index in [2.05, 4.69) is 49.7 Å². The molecule has 0 spiro atoms. The molecular weight excluding hydrogens is 218 g/mol. The van der Waals surface area contributed by atoms with Crippen molar-refractivity contribution in [3.63, 3.8) is 0 Å². The van der Waals surface area contributed by atoms with Crippen LogP contribution in [0.4, 0.5) is 0 Å². The van der Waals surface area contributed by atoms with Gasteiger partial charge < -0.3 is 4.57 Å². The lowest BCUT2D eigenvalue weighted by atomic mass is 10.1. The number of halogens is 1. The number of benzene rings is 1. The molecule has 0 bridgehead atoms. The van der Waals surface area contributed by atoms with E-state index in [-0.39, 0.29) is 5.38 Å². The average molecular weight is 236 g/mol. The second-order valence-electron chi connectivity index (χ2n) is 4.47. The Bertz CT molecular complexity index is 458.